The fourth-order valence-electron chi connectivity index (χ4n) is 3.62. The minimum atomic E-state index is -3.43. The molecule has 0 spiro atoms. The van der Waals surface area contributed by atoms with Crippen LogP contribution in [-0.2, 0) is 26.1 Å². The molecule has 1 amide bonds. The lowest BCUT2D eigenvalue weighted by Crippen LogP contribution is -2.55. The summed E-state index contributed by atoms with van der Waals surface area (Å²) in [5.74, 6) is 0.868. The number of hydrogen-bond donors (Lipinski definition) is 1. The number of hydrogen-bond acceptors (Lipinski definition) is 5. The minimum Gasteiger partial charge on any atom is -0.368 e. The number of piperazine rings is 1. The molecule has 0 aliphatic carbocycles. The van der Waals surface area contributed by atoms with Crippen LogP contribution in [0.25, 0.3) is 0 Å². The first-order chi connectivity index (χ1) is 14.3. The predicted molar refractivity (Wildman–Crippen MR) is 130 cm³/mol. The molecule has 2 aliphatic heterocycles. The molecule has 1 aromatic rings. The van der Waals surface area contributed by atoms with Crippen LogP contribution in [0.4, 0.5) is 0 Å². The average molecular weight is 565 g/mol. The van der Waals surface area contributed by atoms with Gasteiger partial charge in [-0.05, 0) is 30.5 Å². The summed E-state index contributed by atoms with van der Waals surface area (Å²) in [5, 5.41) is 3.32. The van der Waals surface area contributed by atoms with Gasteiger partial charge in [-0.25, -0.2) is 12.7 Å². The summed E-state index contributed by atoms with van der Waals surface area (Å²) in [6.07, 6.45) is 1.50. The van der Waals surface area contributed by atoms with Gasteiger partial charge in [-0.15, -0.1) is 24.0 Å². The summed E-state index contributed by atoms with van der Waals surface area (Å²) in [5.41, 5.74) is 0.959. The van der Waals surface area contributed by atoms with Gasteiger partial charge in [0.1, 0.15) is 6.10 Å². The second kappa shape index (κ2) is 11.4. The van der Waals surface area contributed by atoms with Crippen LogP contribution >= 0.6 is 24.0 Å². The van der Waals surface area contributed by atoms with Gasteiger partial charge in [-0.2, -0.15) is 0 Å². The molecular formula is C20H32IN5O4S. The van der Waals surface area contributed by atoms with E-state index in [0.717, 1.165) is 24.4 Å². The molecule has 3 rings (SSSR count). The predicted octanol–water partition coefficient (Wildman–Crippen LogP) is 0.954. The first kappa shape index (κ1) is 25.8. The van der Waals surface area contributed by atoms with Crippen molar-refractivity contribution in [1.82, 2.24) is 19.4 Å². The van der Waals surface area contributed by atoms with Crippen molar-refractivity contribution in [2.45, 2.75) is 30.4 Å². The van der Waals surface area contributed by atoms with Crippen LogP contribution in [-0.4, -0.2) is 94.4 Å². The van der Waals surface area contributed by atoms with Crippen molar-refractivity contribution in [3.63, 3.8) is 0 Å². The molecule has 2 saturated heterocycles. The Morgan fingerprint density at radius 1 is 1.16 bits per heavy atom. The Morgan fingerprint density at radius 3 is 2.29 bits per heavy atom. The van der Waals surface area contributed by atoms with E-state index in [0.29, 0.717) is 39.3 Å². The molecule has 2 heterocycles. The third kappa shape index (κ3) is 6.30. The van der Waals surface area contributed by atoms with Crippen LogP contribution < -0.4 is 5.32 Å². The van der Waals surface area contributed by atoms with E-state index in [2.05, 4.69) is 15.2 Å². The van der Waals surface area contributed by atoms with Crippen molar-refractivity contribution in [1.29, 1.82) is 0 Å². The van der Waals surface area contributed by atoms with E-state index in [1.807, 2.05) is 4.90 Å². The van der Waals surface area contributed by atoms with E-state index in [1.165, 1.54) is 18.4 Å². The Labute approximate surface area is 201 Å². The first-order valence-electron chi connectivity index (χ1n) is 10.2. The number of carbonyl (C=O) groups is 1. The summed E-state index contributed by atoms with van der Waals surface area (Å²) in [7, 11) is 1.34. The zero-order valence-electron chi connectivity index (χ0n) is 18.3. The molecule has 174 valence electrons. The molecule has 1 aromatic carbocycles. The number of halogens is 1. The van der Waals surface area contributed by atoms with Crippen LogP contribution in [0.5, 0.6) is 0 Å². The van der Waals surface area contributed by atoms with Crippen LogP contribution in [0, 0.1) is 0 Å². The number of aliphatic imine (C=N–C) groups is 1. The molecule has 11 heteroatoms. The zero-order chi connectivity index (χ0) is 21.7. The monoisotopic (exact) mass is 565 g/mol. The number of benzene rings is 1. The molecule has 9 nitrogen and oxygen atoms in total. The lowest BCUT2D eigenvalue weighted by molar-refractivity contribution is -0.142. The third-order valence-corrected chi connectivity index (χ3v) is 7.29. The van der Waals surface area contributed by atoms with Crippen LogP contribution in [0.15, 0.2) is 34.2 Å². The Hall–Kier alpha value is -1.44. The number of nitrogens with zero attached hydrogens (tertiary/aromatic N) is 4. The summed E-state index contributed by atoms with van der Waals surface area (Å²) >= 11 is 0. The van der Waals surface area contributed by atoms with Crippen LogP contribution in [0.2, 0.25) is 0 Å². The molecule has 0 aromatic heterocycles. The van der Waals surface area contributed by atoms with Crippen molar-refractivity contribution < 1.29 is 17.9 Å². The summed E-state index contributed by atoms with van der Waals surface area (Å²) < 4.78 is 31.1. The van der Waals surface area contributed by atoms with Gasteiger partial charge in [-0.3, -0.25) is 9.79 Å². The van der Waals surface area contributed by atoms with Crippen molar-refractivity contribution >= 4 is 45.9 Å². The molecule has 0 radical (unpaired) electrons. The molecule has 2 aliphatic rings. The fourth-order valence-corrected chi connectivity index (χ4v) is 4.52. The van der Waals surface area contributed by atoms with Gasteiger partial charge in [0.2, 0.25) is 10.0 Å². The minimum absolute atomic E-state index is 0. The van der Waals surface area contributed by atoms with Crippen molar-refractivity contribution in [2.24, 2.45) is 4.99 Å². The molecule has 0 bridgehead atoms. The maximum Gasteiger partial charge on any atom is 0.251 e. The maximum absolute atomic E-state index is 12.5. The topological polar surface area (TPSA) is 94.5 Å². The summed E-state index contributed by atoms with van der Waals surface area (Å²) in [6, 6.07) is 6.83. The number of amides is 1. The average Bonchev–Trinajstić information content (AvgIpc) is 3.29. The van der Waals surface area contributed by atoms with E-state index < -0.39 is 10.0 Å². The SMILES string of the molecule is CN=C(NCc1ccc(S(=O)(=O)N(C)C)cc1)N1CCN(C(=O)C2CCCO2)CC1.I. The van der Waals surface area contributed by atoms with E-state index in [4.69, 9.17) is 4.74 Å². The molecule has 1 unspecified atom stereocenters. The Bertz CT molecular complexity index is 862. The summed E-state index contributed by atoms with van der Waals surface area (Å²) in [6.45, 7) is 3.92. The quantitative estimate of drug-likeness (QED) is 0.325. The Kier molecular flexibility index (Phi) is 9.52. The van der Waals surface area contributed by atoms with Gasteiger partial charge >= 0.3 is 0 Å². The van der Waals surface area contributed by atoms with Gasteiger partial charge in [-0.1, -0.05) is 12.1 Å². The molecular weight excluding hydrogens is 533 g/mol. The molecule has 31 heavy (non-hydrogen) atoms. The number of guanidine groups is 1. The lowest BCUT2D eigenvalue weighted by atomic mass is 10.2. The Balaban J connectivity index is 0.00000341. The van der Waals surface area contributed by atoms with E-state index in [9.17, 15) is 13.2 Å². The third-order valence-electron chi connectivity index (χ3n) is 5.46. The van der Waals surface area contributed by atoms with Crippen LogP contribution in [0.3, 0.4) is 0 Å². The van der Waals surface area contributed by atoms with Gasteiger partial charge in [0.05, 0.1) is 4.90 Å². The second-order valence-electron chi connectivity index (χ2n) is 7.65. The second-order valence-corrected chi connectivity index (χ2v) is 9.80. The fraction of sp³-hybridized carbons (Fsp3) is 0.600. The number of nitrogens with one attached hydrogen (secondary N) is 1. The number of rotatable bonds is 5. The van der Waals surface area contributed by atoms with E-state index >= 15 is 0 Å². The smallest absolute Gasteiger partial charge is 0.251 e. The van der Waals surface area contributed by atoms with Crippen molar-refractivity contribution in [3.05, 3.63) is 29.8 Å². The van der Waals surface area contributed by atoms with Crippen molar-refractivity contribution in [2.75, 3.05) is 53.9 Å². The lowest BCUT2D eigenvalue weighted by Gasteiger charge is -2.37. The summed E-state index contributed by atoms with van der Waals surface area (Å²) in [4.78, 5) is 21.1. The highest BCUT2D eigenvalue weighted by molar-refractivity contribution is 14.0. The van der Waals surface area contributed by atoms with Gasteiger partial charge < -0.3 is 19.9 Å². The van der Waals surface area contributed by atoms with E-state index in [-0.39, 0.29) is 40.9 Å². The Morgan fingerprint density at radius 2 is 1.77 bits per heavy atom. The van der Waals surface area contributed by atoms with Gasteiger partial charge in [0.15, 0.2) is 5.96 Å². The molecule has 2 fully saturated rings. The standard InChI is InChI=1S/C20H31N5O4S.HI/c1-21-20(22-15-16-6-8-17(9-7-16)30(27,28)23(2)3)25-12-10-24(11-13-25)19(26)18-5-4-14-29-18;/h6-9,18H,4-5,10-15H2,1-3H3,(H,21,22);1H. The van der Waals surface area contributed by atoms with Crippen LogP contribution in [0.1, 0.15) is 18.4 Å². The maximum atomic E-state index is 12.5. The highest BCUT2D eigenvalue weighted by atomic mass is 127. The highest BCUT2D eigenvalue weighted by Gasteiger charge is 2.30. The number of carbonyl (C=O) groups excluding carboxylic acids is 1. The van der Waals surface area contributed by atoms with E-state index in [1.54, 1.807) is 31.3 Å². The van der Waals surface area contributed by atoms with Crippen molar-refractivity contribution in [3.8, 4) is 0 Å². The number of ether oxygens (including phenoxy) is 1. The largest absolute Gasteiger partial charge is 0.368 e. The zero-order valence-corrected chi connectivity index (χ0v) is 21.4. The molecule has 0 saturated carbocycles. The molecule has 1 N–H and O–H groups in total. The normalized spacial score (nSPS) is 20.0. The molecule has 1 atom stereocenters. The van der Waals surface area contributed by atoms with Gasteiger partial charge in [0.25, 0.3) is 5.91 Å². The van der Waals surface area contributed by atoms with Gasteiger partial charge in [0, 0.05) is 60.5 Å². The first-order valence-corrected chi connectivity index (χ1v) is 11.6. The number of sulfonamides is 1. The highest BCUT2D eigenvalue weighted by Crippen LogP contribution is 2.16.